The average Bonchev–Trinajstić information content (AvgIpc) is 3.20. The van der Waals surface area contributed by atoms with E-state index < -0.39 is 6.09 Å². The zero-order valence-corrected chi connectivity index (χ0v) is 18.2. The van der Waals surface area contributed by atoms with Crippen molar-refractivity contribution < 1.29 is 19.1 Å². The number of benzene rings is 1. The Morgan fingerprint density at radius 1 is 1.32 bits per heavy atom. The zero-order valence-electron chi connectivity index (χ0n) is 18.2. The van der Waals surface area contributed by atoms with Gasteiger partial charge in [-0.1, -0.05) is 11.2 Å². The van der Waals surface area contributed by atoms with Gasteiger partial charge in [0.05, 0.1) is 13.2 Å². The maximum absolute atomic E-state index is 11.3. The second kappa shape index (κ2) is 9.21. The van der Waals surface area contributed by atoms with Crippen LogP contribution >= 0.6 is 0 Å². The predicted octanol–water partition coefficient (Wildman–Crippen LogP) is 2.28. The summed E-state index contributed by atoms with van der Waals surface area (Å²) in [6, 6.07) is 4.48. The minimum absolute atomic E-state index is 0.0249. The fourth-order valence-corrected chi connectivity index (χ4v) is 4.19. The minimum atomic E-state index is -0.848. The molecule has 3 heterocycles. The van der Waals surface area contributed by atoms with E-state index in [9.17, 15) is 9.90 Å². The molecule has 0 aliphatic carbocycles. The van der Waals surface area contributed by atoms with Crippen molar-refractivity contribution >= 4 is 17.8 Å². The number of aryl methyl sites for hydroxylation is 1. The number of carboxylic acid groups (broad SMARTS) is 1. The standard InChI is InChI=1S/C21H30N6O4/c1-13-8-16(11-26-5-6-27(21(28)29)14(2)10-26)15(3)17(9-13)23-20-25-24-19(31-20)18-12-30-7-4-22-18/h8-9,14,18,22H,4-7,10-12H2,1-3H3,(H,23,25)(H,28,29)/t14-,18-/m0/s1. The maximum atomic E-state index is 11.3. The first-order valence-electron chi connectivity index (χ1n) is 10.6. The van der Waals surface area contributed by atoms with Crippen molar-refractivity contribution in [3.8, 4) is 0 Å². The Labute approximate surface area is 181 Å². The second-order valence-corrected chi connectivity index (χ2v) is 8.31. The number of hydrogen-bond acceptors (Lipinski definition) is 8. The Morgan fingerprint density at radius 3 is 2.87 bits per heavy atom. The molecule has 2 aliphatic rings. The lowest BCUT2D eigenvalue weighted by Gasteiger charge is -2.38. The molecular weight excluding hydrogens is 400 g/mol. The van der Waals surface area contributed by atoms with E-state index in [1.165, 1.54) is 10.5 Å². The molecule has 1 aromatic heterocycles. The lowest BCUT2D eigenvalue weighted by Crippen LogP contribution is -2.53. The third-order valence-electron chi connectivity index (χ3n) is 5.91. The molecule has 4 rings (SSSR count). The van der Waals surface area contributed by atoms with E-state index in [1.807, 2.05) is 6.92 Å². The highest BCUT2D eigenvalue weighted by Gasteiger charge is 2.27. The smallest absolute Gasteiger partial charge is 0.407 e. The molecular formula is C21H30N6O4. The number of amides is 1. The third-order valence-corrected chi connectivity index (χ3v) is 5.91. The topological polar surface area (TPSA) is 116 Å². The van der Waals surface area contributed by atoms with Crippen molar-refractivity contribution in [3.63, 3.8) is 0 Å². The Hall–Kier alpha value is -2.69. The lowest BCUT2D eigenvalue weighted by molar-refractivity contribution is 0.0683. The van der Waals surface area contributed by atoms with Gasteiger partial charge in [-0.15, -0.1) is 5.10 Å². The van der Waals surface area contributed by atoms with Crippen LogP contribution in [-0.2, 0) is 11.3 Å². The molecule has 0 unspecified atom stereocenters. The van der Waals surface area contributed by atoms with Crippen molar-refractivity contribution in [1.29, 1.82) is 0 Å². The number of hydrogen-bond donors (Lipinski definition) is 3. The highest BCUT2D eigenvalue weighted by Crippen LogP contribution is 2.27. The first-order valence-corrected chi connectivity index (χ1v) is 10.6. The van der Waals surface area contributed by atoms with Crippen LogP contribution < -0.4 is 10.6 Å². The molecule has 1 amide bonds. The Balaban J connectivity index is 1.45. The molecule has 0 spiro atoms. The summed E-state index contributed by atoms with van der Waals surface area (Å²) < 4.78 is 11.3. The van der Waals surface area contributed by atoms with Crippen LogP contribution in [-0.4, -0.2) is 76.6 Å². The van der Waals surface area contributed by atoms with Gasteiger partial charge in [-0.25, -0.2) is 4.79 Å². The van der Waals surface area contributed by atoms with E-state index >= 15 is 0 Å². The van der Waals surface area contributed by atoms with Crippen molar-refractivity contribution in [2.75, 3.05) is 44.7 Å². The van der Waals surface area contributed by atoms with Gasteiger partial charge in [0.15, 0.2) is 0 Å². The van der Waals surface area contributed by atoms with Crippen LogP contribution in [0, 0.1) is 13.8 Å². The van der Waals surface area contributed by atoms with E-state index in [4.69, 9.17) is 9.15 Å². The Bertz CT molecular complexity index is 927. The van der Waals surface area contributed by atoms with Crippen LogP contribution in [0.1, 0.15) is 35.5 Å². The fourth-order valence-electron chi connectivity index (χ4n) is 4.19. The number of rotatable bonds is 5. The van der Waals surface area contributed by atoms with Crippen LogP contribution in [0.25, 0.3) is 0 Å². The first kappa shape index (κ1) is 21.5. The number of ether oxygens (including phenoxy) is 1. The fraction of sp³-hybridized carbons (Fsp3) is 0.571. The highest BCUT2D eigenvalue weighted by atomic mass is 16.5. The van der Waals surface area contributed by atoms with Crippen molar-refractivity contribution in [2.24, 2.45) is 0 Å². The summed E-state index contributed by atoms with van der Waals surface area (Å²) in [7, 11) is 0. The molecule has 10 nitrogen and oxygen atoms in total. The molecule has 2 saturated heterocycles. The van der Waals surface area contributed by atoms with Gasteiger partial charge in [0.25, 0.3) is 0 Å². The van der Waals surface area contributed by atoms with Gasteiger partial charge in [-0.3, -0.25) is 4.90 Å². The van der Waals surface area contributed by atoms with Gasteiger partial charge >= 0.3 is 12.1 Å². The normalized spacial score (nSPS) is 22.5. The lowest BCUT2D eigenvalue weighted by atomic mass is 10.0. The molecule has 0 saturated carbocycles. The van der Waals surface area contributed by atoms with E-state index in [0.717, 1.165) is 36.4 Å². The number of carbonyl (C=O) groups is 1. The highest BCUT2D eigenvalue weighted by molar-refractivity contribution is 5.65. The molecule has 2 aromatic rings. The number of anilines is 2. The maximum Gasteiger partial charge on any atom is 0.407 e. The summed E-state index contributed by atoms with van der Waals surface area (Å²) in [5.74, 6) is 0.512. The van der Waals surface area contributed by atoms with E-state index in [-0.39, 0.29) is 12.1 Å². The Morgan fingerprint density at radius 2 is 2.16 bits per heavy atom. The number of aromatic nitrogens is 2. The second-order valence-electron chi connectivity index (χ2n) is 8.31. The molecule has 0 bridgehead atoms. The average molecular weight is 431 g/mol. The SMILES string of the molecule is Cc1cc(CN2CCN(C(=O)O)[C@@H](C)C2)c(C)c(Nc2nnc([C@@H]3COCCN3)o2)c1. The third kappa shape index (κ3) is 4.97. The van der Waals surface area contributed by atoms with Crippen molar-refractivity contribution in [2.45, 2.75) is 39.4 Å². The van der Waals surface area contributed by atoms with Crippen LogP contribution in [0.3, 0.4) is 0 Å². The quantitative estimate of drug-likeness (QED) is 0.657. The summed E-state index contributed by atoms with van der Waals surface area (Å²) in [6.45, 7) is 10.8. The first-order chi connectivity index (χ1) is 14.9. The number of nitrogens with zero attached hydrogens (tertiary/aromatic N) is 4. The molecule has 3 N–H and O–H groups in total. The van der Waals surface area contributed by atoms with Gasteiger partial charge < -0.3 is 29.8 Å². The molecule has 0 radical (unpaired) electrons. The van der Waals surface area contributed by atoms with Crippen molar-refractivity contribution in [1.82, 2.24) is 25.3 Å². The van der Waals surface area contributed by atoms with Crippen LogP contribution in [0.4, 0.5) is 16.5 Å². The van der Waals surface area contributed by atoms with E-state index in [2.05, 4.69) is 51.7 Å². The van der Waals surface area contributed by atoms with Gasteiger partial charge in [0, 0.05) is 44.5 Å². The molecule has 2 atom stereocenters. The summed E-state index contributed by atoms with van der Waals surface area (Å²) in [4.78, 5) is 15.1. The number of piperazine rings is 1. The molecule has 2 fully saturated rings. The molecule has 2 aliphatic heterocycles. The molecule has 31 heavy (non-hydrogen) atoms. The van der Waals surface area contributed by atoms with Crippen molar-refractivity contribution in [3.05, 3.63) is 34.7 Å². The largest absolute Gasteiger partial charge is 0.465 e. The van der Waals surface area contributed by atoms with E-state index in [0.29, 0.717) is 38.2 Å². The number of morpholine rings is 1. The van der Waals surface area contributed by atoms with Gasteiger partial charge in [-0.2, -0.15) is 0 Å². The summed E-state index contributed by atoms with van der Waals surface area (Å²) in [5, 5.41) is 24.2. The van der Waals surface area contributed by atoms with Gasteiger partial charge in [0.2, 0.25) is 5.89 Å². The minimum Gasteiger partial charge on any atom is -0.465 e. The summed E-state index contributed by atoms with van der Waals surface area (Å²) >= 11 is 0. The molecule has 10 heteroatoms. The molecule has 168 valence electrons. The van der Waals surface area contributed by atoms with Crippen LogP contribution in [0.2, 0.25) is 0 Å². The van der Waals surface area contributed by atoms with Crippen LogP contribution in [0.15, 0.2) is 16.5 Å². The van der Waals surface area contributed by atoms with Gasteiger partial charge in [-0.05, 0) is 43.5 Å². The van der Waals surface area contributed by atoms with Gasteiger partial charge in [0.1, 0.15) is 6.04 Å². The Kier molecular flexibility index (Phi) is 6.40. The summed E-state index contributed by atoms with van der Waals surface area (Å²) in [6.07, 6.45) is -0.848. The van der Waals surface area contributed by atoms with Crippen LogP contribution in [0.5, 0.6) is 0 Å². The predicted molar refractivity (Wildman–Crippen MR) is 115 cm³/mol. The van der Waals surface area contributed by atoms with E-state index in [1.54, 1.807) is 0 Å². The summed E-state index contributed by atoms with van der Waals surface area (Å²) in [5.41, 5.74) is 4.36. The zero-order chi connectivity index (χ0) is 22.0. The monoisotopic (exact) mass is 430 g/mol. The number of nitrogens with one attached hydrogen (secondary N) is 2. The molecule has 1 aromatic carbocycles.